The molecular formula is C12H14N2O4S. The van der Waals surface area contributed by atoms with Gasteiger partial charge in [0, 0.05) is 13.6 Å². The highest BCUT2D eigenvalue weighted by Crippen LogP contribution is 2.11. The third-order valence-electron chi connectivity index (χ3n) is 2.67. The van der Waals surface area contributed by atoms with E-state index in [2.05, 4.69) is 0 Å². The van der Waals surface area contributed by atoms with Crippen LogP contribution in [0.4, 0.5) is 0 Å². The molecule has 19 heavy (non-hydrogen) atoms. The number of benzene rings is 1. The molecule has 0 radical (unpaired) electrons. The molecule has 7 heteroatoms. The van der Waals surface area contributed by atoms with Gasteiger partial charge >= 0.3 is 5.97 Å². The molecule has 1 aromatic carbocycles. The number of hydrogen-bond acceptors (Lipinski definition) is 4. The number of carboxylic acid groups (broad SMARTS) is 1. The van der Waals surface area contributed by atoms with E-state index < -0.39 is 21.7 Å². The molecular weight excluding hydrogens is 268 g/mol. The number of nitrogens with zero attached hydrogens (tertiary/aromatic N) is 2. The maximum absolute atomic E-state index is 11.6. The minimum absolute atomic E-state index is 0.133. The van der Waals surface area contributed by atoms with E-state index >= 15 is 0 Å². The van der Waals surface area contributed by atoms with Crippen LogP contribution in [0.15, 0.2) is 24.3 Å². The number of nitriles is 1. The van der Waals surface area contributed by atoms with Gasteiger partial charge in [0.05, 0.1) is 11.6 Å². The fraction of sp³-hybridized carbons (Fsp3) is 0.333. The highest BCUT2D eigenvalue weighted by atomic mass is 32.2. The molecule has 0 spiro atoms. The summed E-state index contributed by atoms with van der Waals surface area (Å²) in [5, 5.41) is 17.4. The lowest BCUT2D eigenvalue weighted by molar-refractivity contribution is 0.0695. The summed E-state index contributed by atoms with van der Waals surface area (Å²) in [6.45, 7) is 0.133. The molecule has 0 fully saturated rings. The second-order valence-corrected chi connectivity index (χ2v) is 6.02. The number of carboxylic acids is 1. The van der Waals surface area contributed by atoms with E-state index in [4.69, 9.17) is 10.4 Å². The van der Waals surface area contributed by atoms with Crippen LogP contribution in [-0.2, 0) is 16.4 Å². The van der Waals surface area contributed by atoms with Gasteiger partial charge in [-0.05, 0) is 18.1 Å². The Bertz CT molecular complexity index is 604. The Hall–Kier alpha value is -1.91. The topological polar surface area (TPSA) is 98.5 Å². The van der Waals surface area contributed by atoms with E-state index in [0.29, 0.717) is 5.56 Å². The van der Waals surface area contributed by atoms with Crippen LogP contribution in [0, 0.1) is 11.3 Å². The van der Waals surface area contributed by atoms with Crippen LogP contribution < -0.4 is 0 Å². The lowest BCUT2D eigenvalue weighted by Gasteiger charge is -2.15. The van der Waals surface area contributed by atoms with Crippen molar-refractivity contribution in [3.05, 3.63) is 35.4 Å². The van der Waals surface area contributed by atoms with E-state index in [1.807, 2.05) is 0 Å². The van der Waals surface area contributed by atoms with Crippen molar-refractivity contribution in [3.8, 4) is 6.07 Å². The lowest BCUT2D eigenvalue weighted by Crippen LogP contribution is -2.30. The molecule has 0 aliphatic heterocycles. The summed E-state index contributed by atoms with van der Waals surface area (Å²) in [5.41, 5.74) is 0.725. The van der Waals surface area contributed by atoms with E-state index in [0.717, 1.165) is 4.31 Å². The largest absolute Gasteiger partial charge is 0.478 e. The number of likely N-dealkylation sites (N-methyl/N-ethyl adjacent to an activating group) is 1. The highest BCUT2D eigenvalue weighted by Gasteiger charge is 2.18. The molecule has 0 unspecified atom stereocenters. The Morgan fingerprint density at radius 2 is 2.05 bits per heavy atom. The van der Waals surface area contributed by atoms with Gasteiger partial charge in [-0.2, -0.15) is 5.26 Å². The summed E-state index contributed by atoms with van der Waals surface area (Å²) >= 11 is 0. The molecule has 0 bridgehead atoms. The smallest absolute Gasteiger partial charge is 0.335 e. The Labute approximate surface area is 111 Å². The van der Waals surface area contributed by atoms with Gasteiger partial charge < -0.3 is 5.11 Å². The maximum Gasteiger partial charge on any atom is 0.335 e. The standard InChI is InChI=1S/C12H14N2O4S/c1-14(19(17,18)9-7-13)8-6-10-4-2-3-5-11(10)12(15)16/h2-5H,6,8-9H2,1H3,(H,15,16). The summed E-state index contributed by atoms with van der Waals surface area (Å²) in [6.07, 6.45) is 0.281. The molecule has 1 rings (SSSR count). The Morgan fingerprint density at radius 3 is 2.63 bits per heavy atom. The van der Waals surface area contributed by atoms with Crippen molar-refractivity contribution in [1.82, 2.24) is 4.31 Å². The van der Waals surface area contributed by atoms with Crippen molar-refractivity contribution >= 4 is 16.0 Å². The fourth-order valence-corrected chi connectivity index (χ4v) is 2.31. The Kier molecular flexibility index (Phi) is 5.03. The van der Waals surface area contributed by atoms with Crippen LogP contribution in [0.1, 0.15) is 15.9 Å². The van der Waals surface area contributed by atoms with Crippen LogP contribution in [0.5, 0.6) is 0 Å². The van der Waals surface area contributed by atoms with Gasteiger partial charge in [0.15, 0.2) is 5.75 Å². The van der Waals surface area contributed by atoms with Crippen molar-refractivity contribution in [3.63, 3.8) is 0 Å². The summed E-state index contributed by atoms with van der Waals surface area (Å²) in [5.74, 6) is -1.62. The molecule has 0 aliphatic carbocycles. The molecule has 1 N–H and O–H groups in total. The zero-order chi connectivity index (χ0) is 14.5. The molecule has 0 aromatic heterocycles. The van der Waals surface area contributed by atoms with Gasteiger partial charge in [-0.1, -0.05) is 18.2 Å². The monoisotopic (exact) mass is 282 g/mol. The van der Waals surface area contributed by atoms with E-state index in [9.17, 15) is 13.2 Å². The van der Waals surface area contributed by atoms with E-state index in [1.165, 1.54) is 13.1 Å². The Morgan fingerprint density at radius 1 is 1.42 bits per heavy atom. The Balaban J connectivity index is 2.79. The van der Waals surface area contributed by atoms with Crippen LogP contribution in [0.2, 0.25) is 0 Å². The predicted octanol–water partition coefficient (Wildman–Crippen LogP) is 0.712. The van der Waals surface area contributed by atoms with Crippen molar-refractivity contribution in [2.75, 3.05) is 19.3 Å². The van der Waals surface area contributed by atoms with Gasteiger partial charge in [0.25, 0.3) is 0 Å². The first-order valence-corrected chi connectivity index (χ1v) is 7.11. The quantitative estimate of drug-likeness (QED) is 0.828. The van der Waals surface area contributed by atoms with Crippen molar-refractivity contribution in [1.29, 1.82) is 5.26 Å². The van der Waals surface area contributed by atoms with Gasteiger partial charge in [-0.3, -0.25) is 0 Å². The number of sulfonamides is 1. The van der Waals surface area contributed by atoms with Gasteiger partial charge in [-0.15, -0.1) is 0 Å². The molecule has 102 valence electrons. The number of aromatic carboxylic acids is 1. The molecule has 0 heterocycles. The van der Waals surface area contributed by atoms with Crippen LogP contribution >= 0.6 is 0 Å². The van der Waals surface area contributed by atoms with Crippen LogP contribution in [0.3, 0.4) is 0 Å². The molecule has 0 atom stereocenters. The minimum atomic E-state index is -3.59. The molecule has 0 saturated carbocycles. The first kappa shape index (κ1) is 15.1. The lowest BCUT2D eigenvalue weighted by atomic mass is 10.1. The second kappa shape index (κ2) is 6.31. The molecule has 0 saturated heterocycles. The predicted molar refractivity (Wildman–Crippen MR) is 69.1 cm³/mol. The van der Waals surface area contributed by atoms with Gasteiger partial charge in [0.2, 0.25) is 10.0 Å². The third-order valence-corrected chi connectivity index (χ3v) is 4.29. The van der Waals surface area contributed by atoms with E-state index in [-0.39, 0.29) is 18.5 Å². The van der Waals surface area contributed by atoms with Crippen LogP contribution in [-0.4, -0.2) is 43.1 Å². The molecule has 6 nitrogen and oxygen atoms in total. The summed E-state index contributed by atoms with van der Waals surface area (Å²) < 4.78 is 24.2. The average Bonchev–Trinajstić information content (AvgIpc) is 2.36. The summed E-state index contributed by atoms with van der Waals surface area (Å²) in [6, 6.07) is 8.03. The third kappa shape index (κ3) is 4.05. The summed E-state index contributed by atoms with van der Waals surface area (Å²) in [7, 11) is -2.22. The van der Waals surface area contributed by atoms with Crippen molar-refractivity contribution < 1.29 is 18.3 Å². The zero-order valence-electron chi connectivity index (χ0n) is 10.4. The molecule has 1 aromatic rings. The first-order chi connectivity index (χ1) is 8.88. The first-order valence-electron chi connectivity index (χ1n) is 5.50. The second-order valence-electron chi connectivity index (χ2n) is 3.95. The molecule has 0 amide bonds. The maximum atomic E-state index is 11.6. The van der Waals surface area contributed by atoms with Gasteiger partial charge in [-0.25, -0.2) is 17.5 Å². The minimum Gasteiger partial charge on any atom is -0.478 e. The normalized spacial score (nSPS) is 11.2. The SMILES string of the molecule is CN(CCc1ccccc1C(=O)O)S(=O)(=O)CC#N. The molecule has 0 aliphatic rings. The zero-order valence-corrected chi connectivity index (χ0v) is 11.2. The summed E-state index contributed by atoms with van der Waals surface area (Å²) in [4.78, 5) is 11.0. The van der Waals surface area contributed by atoms with Crippen molar-refractivity contribution in [2.24, 2.45) is 0 Å². The fourth-order valence-electron chi connectivity index (χ4n) is 1.56. The van der Waals surface area contributed by atoms with Gasteiger partial charge in [0.1, 0.15) is 0 Å². The highest BCUT2D eigenvalue weighted by molar-refractivity contribution is 7.89. The van der Waals surface area contributed by atoms with E-state index in [1.54, 1.807) is 24.3 Å². The average molecular weight is 282 g/mol. The number of hydrogen-bond donors (Lipinski definition) is 1. The number of rotatable bonds is 6. The van der Waals surface area contributed by atoms with Crippen LogP contribution in [0.25, 0.3) is 0 Å². The number of carbonyl (C=O) groups is 1. The van der Waals surface area contributed by atoms with Crippen molar-refractivity contribution in [2.45, 2.75) is 6.42 Å².